The molecule has 1 N–H and O–H groups in total. The van der Waals surface area contributed by atoms with Crippen LogP contribution in [-0.2, 0) is 16.0 Å². The van der Waals surface area contributed by atoms with Crippen molar-refractivity contribution >= 4 is 11.9 Å². The minimum absolute atomic E-state index is 0.0884. The number of carbonyl (C=O) groups is 2. The maximum absolute atomic E-state index is 12.4. The number of rotatable bonds is 5. The first-order chi connectivity index (χ1) is 10.4. The molecule has 1 aliphatic heterocycles. The number of hydrogen-bond donors (Lipinski definition) is 1. The molecule has 0 radical (unpaired) electrons. The highest BCUT2D eigenvalue weighted by molar-refractivity contribution is 5.80. The van der Waals surface area contributed by atoms with Gasteiger partial charge < -0.3 is 19.5 Å². The van der Waals surface area contributed by atoms with E-state index in [1.54, 1.807) is 21.1 Å². The van der Waals surface area contributed by atoms with Gasteiger partial charge in [0.1, 0.15) is 18.1 Å². The third kappa shape index (κ3) is 3.50. The summed E-state index contributed by atoms with van der Waals surface area (Å²) in [5.41, 5.74) is 0.963. The Hall–Kier alpha value is -2.24. The zero-order chi connectivity index (χ0) is 16.3. The van der Waals surface area contributed by atoms with Gasteiger partial charge in [-0.15, -0.1) is 0 Å². The van der Waals surface area contributed by atoms with Gasteiger partial charge in [0.25, 0.3) is 0 Å². The quantitative estimate of drug-likeness (QED) is 0.890. The zero-order valence-electron chi connectivity index (χ0n) is 13.0. The van der Waals surface area contributed by atoms with Crippen LogP contribution in [0.3, 0.4) is 0 Å². The number of carboxylic acid groups (broad SMARTS) is 1. The van der Waals surface area contributed by atoms with Crippen LogP contribution < -0.4 is 9.47 Å². The van der Waals surface area contributed by atoms with Crippen LogP contribution in [0.1, 0.15) is 12.5 Å². The number of nitrogens with zero attached hydrogens (tertiary/aromatic N) is 1. The monoisotopic (exact) mass is 307 g/mol. The molecule has 6 nitrogen and oxygen atoms in total. The van der Waals surface area contributed by atoms with Gasteiger partial charge in [0, 0.05) is 19.7 Å². The minimum Gasteiger partial charge on any atom is -0.497 e. The van der Waals surface area contributed by atoms with Crippen molar-refractivity contribution in [2.24, 2.45) is 11.8 Å². The molecule has 1 aromatic rings. The van der Waals surface area contributed by atoms with Crippen LogP contribution >= 0.6 is 0 Å². The molecule has 0 saturated heterocycles. The number of amides is 1. The van der Waals surface area contributed by atoms with E-state index in [2.05, 4.69) is 0 Å². The predicted octanol–water partition coefficient (Wildman–Crippen LogP) is 1.43. The van der Waals surface area contributed by atoms with E-state index in [1.165, 1.54) is 4.90 Å². The number of carbonyl (C=O) groups excluding carboxylic acids is 1. The SMILES string of the molecule is COc1ccc2c(c1)OC[C@H](C(=O)N(C)C[C@H](C)C(=O)O)C2. The van der Waals surface area contributed by atoms with Crippen LogP contribution in [0.2, 0.25) is 0 Å². The van der Waals surface area contributed by atoms with Crippen molar-refractivity contribution in [2.45, 2.75) is 13.3 Å². The van der Waals surface area contributed by atoms with Gasteiger partial charge in [-0.1, -0.05) is 13.0 Å². The van der Waals surface area contributed by atoms with Gasteiger partial charge in [-0.05, 0) is 18.1 Å². The van der Waals surface area contributed by atoms with Crippen molar-refractivity contribution in [3.63, 3.8) is 0 Å². The minimum atomic E-state index is -0.906. The van der Waals surface area contributed by atoms with E-state index in [0.29, 0.717) is 13.0 Å². The topological polar surface area (TPSA) is 76.1 Å². The predicted molar refractivity (Wildman–Crippen MR) is 80.1 cm³/mol. The van der Waals surface area contributed by atoms with E-state index in [-0.39, 0.29) is 18.4 Å². The lowest BCUT2D eigenvalue weighted by Crippen LogP contribution is -2.41. The average Bonchev–Trinajstić information content (AvgIpc) is 2.52. The maximum atomic E-state index is 12.4. The van der Waals surface area contributed by atoms with Gasteiger partial charge in [-0.2, -0.15) is 0 Å². The van der Waals surface area contributed by atoms with Crippen LogP contribution in [0.15, 0.2) is 18.2 Å². The third-order valence-electron chi connectivity index (χ3n) is 3.88. The second-order valence-corrected chi connectivity index (χ2v) is 5.64. The summed E-state index contributed by atoms with van der Waals surface area (Å²) in [6.45, 7) is 2.08. The fourth-order valence-electron chi connectivity index (χ4n) is 2.53. The first-order valence-corrected chi connectivity index (χ1v) is 7.20. The number of fused-ring (bicyclic) bond motifs is 1. The molecule has 1 aliphatic rings. The molecule has 1 amide bonds. The molecule has 2 atom stereocenters. The standard InChI is InChI=1S/C16H21NO5/c1-10(16(19)20)8-17(2)15(18)12-6-11-4-5-13(21-3)7-14(11)22-9-12/h4-5,7,10,12H,6,8-9H2,1-3H3,(H,19,20)/t10-,12+/m0/s1. The molecule has 2 rings (SSSR count). The Balaban J connectivity index is 2.02. The number of carboxylic acids is 1. The highest BCUT2D eigenvalue weighted by Gasteiger charge is 2.29. The van der Waals surface area contributed by atoms with Crippen molar-refractivity contribution in [1.29, 1.82) is 0 Å². The molecular formula is C16H21NO5. The van der Waals surface area contributed by atoms with Crippen LogP contribution in [-0.4, -0.2) is 49.2 Å². The molecule has 0 spiro atoms. The van der Waals surface area contributed by atoms with Crippen LogP contribution in [0, 0.1) is 11.8 Å². The lowest BCUT2D eigenvalue weighted by molar-refractivity contribution is -0.143. The Bertz CT molecular complexity index is 572. The number of methoxy groups -OCH3 is 1. The number of hydrogen-bond acceptors (Lipinski definition) is 4. The van der Waals surface area contributed by atoms with Crippen molar-refractivity contribution < 1.29 is 24.2 Å². The summed E-state index contributed by atoms with van der Waals surface area (Å²) < 4.78 is 10.8. The third-order valence-corrected chi connectivity index (χ3v) is 3.88. The summed E-state index contributed by atoms with van der Waals surface area (Å²) in [4.78, 5) is 24.8. The zero-order valence-corrected chi connectivity index (χ0v) is 13.0. The maximum Gasteiger partial charge on any atom is 0.308 e. The van der Waals surface area contributed by atoms with Crippen molar-refractivity contribution in [1.82, 2.24) is 4.90 Å². The highest BCUT2D eigenvalue weighted by atomic mass is 16.5. The molecule has 0 bridgehead atoms. The Morgan fingerprint density at radius 2 is 2.23 bits per heavy atom. The first-order valence-electron chi connectivity index (χ1n) is 7.20. The summed E-state index contributed by atoms with van der Waals surface area (Å²) in [6.07, 6.45) is 0.587. The fraction of sp³-hybridized carbons (Fsp3) is 0.500. The largest absolute Gasteiger partial charge is 0.497 e. The van der Waals surface area contributed by atoms with Gasteiger partial charge >= 0.3 is 5.97 Å². The number of ether oxygens (including phenoxy) is 2. The van der Waals surface area contributed by atoms with Crippen molar-refractivity contribution in [2.75, 3.05) is 27.3 Å². The van der Waals surface area contributed by atoms with Crippen molar-refractivity contribution in [3.05, 3.63) is 23.8 Å². The van der Waals surface area contributed by atoms with E-state index >= 15 is 0 Å². The molecule has 0 aliphatic carbocycles. The molecule has 0 unspecified atom stereocenters. The molecular weight excluding hydrogens is 286 g/mol. The number of aliphatic carboxylic acids is 1. The second-order valence-electron chi connectivity index (χ2n) is 5.64. The van der Waals surface area contributed by atoms with Crippen LogP contribution in [0.25, 0.3) is 0 Å². The summed E-state index contributed by atoms with van der Waals surface area (Å²) in [7, 11) is 3.22. The van der Waals surface area contributed by atoms with E-state index in [1.807, 2.05) is 18.2 Å². The summed E-state index contributed by atoms with van der Waals surface area (Å²) in [6, 6.07) is 5.55. The molecule has 0 aromatic heterocycles. The summed E-state index contributed by atoms with van der Waals surface area (Å²) in [5, 5.41) is 8.93. The lowest BCUT2D eigenvalue weighted by Gasteiger charge is -2.29. The Morgan fingerprint density at radius 3 is 2.86 bits per heavy atom. The van der Waals surface area contributed by atoms with E-state index in [4.69, 9.17) is 14.6 Å². The van der Waals surface area contributed by atoms with Gasteiger partial charge in [0.05, 0.1) is 18.9 Å². The summed E-state index contributed by atoms with van der Waals surface area (Å²) in [5.74, 6) is -0.408. The van der Waals surface area contributed by atoms with Crippen molar-refractivity contribution in [3.8, 4) is 11.5 Å². The number of benzene rings is 1. The Labute approximate surface area is 129 Å². The van der Waals surface area contributed by atoms with Crippen LogP contribution in [0.4, 0.5) is 0 Å². The molecule has 6 heteroatoms. The smallest absolute Gasteiger partial charge is 0.308 e. The molecule has 22 heavy (non-hydrogen) atoms. The van der Waals surface area contributed by atoms with E-state index < -0.39 is 11.9 Å². The van der Waals surface area contributed by atoms with Gasteiger partial charge in [-0.25, -0.2) is 0 Å². The van der Waals surface area contributed by atoms with Crippen LogP contribution in [0.5, 0.6) is 11.5 Å². The second kappa shape index (κ2) is 6.68. The normalized spacial score (nSPS) is 17.9. The van der Waals surface area contributed by atoms with Gasteiger partial charge in [0.2, 0.25) is 5.91 Å². The Kier molecular flexibility index (Phi) is 4.90. The van der Waals surface area contributed by atoms with Gasteiger partial charge in [-0.3, -0.25) is 9.59 Å². The Morgan fingerprint density at radius 1 is 1.50 bits per heavy atom. The average molecular weight is 307 g/mol. The molecule has 0 fully saturated rings. The van der Waals surface area contributed by atoms with E-state index in [9.17, 15) is 9.59 Å². The fourth-order valence-corrected chi connectivity index (χ4v) is 2.53. The van der Waals surface area contributed by atoms with Gasteiger partial charge in [0.15, 0.2) is 0 Å². The highest BCUT2D eigenvalue weighted by Crippen LogP contribution is 2.31. The molecule has 1 heterocycles. The first kappa shape index (κ1) is 16.1. The molecule has 120 valence electrons. The molecule has 0 saturated carbocycles. The lowest BCUT2D eigenvalue weighted by atomic mass is 9.95. The molecule has 1 aromatic carbocycles. The van der Waals surface area contributed by atoms with E-state index in [0.717, 1.165) is 17.1 Å². The summed E-state index contributed by atoms with van der Waals surface area (Å²) >= 11 is 0.